The van der Waals surface area contributed by atoms with Crippen LogP contribution in [0.3, 0.4) is 0 Å². The van der Waals surface area contributed by atoms with Crippen LogP contribution in [0.5, 0.6) is 5.75 Å². The molecule has 0 bridgehead atoms. The summed E-state index contributed by atoms with van der Waals surface area (Å²) >= 11 is 0. The zero-order valence-corrected chi connectivity index (χ0v) is 16.1. The molecule has 0 radical (unpaired) electrons. The molecule has 2 heterocycles. The Hall–Kier alpha value is -3.42. The van der Waals surface area contributed by atoms with E-state index < -0.39 is 0 Å². The molecule has 0 saturated heterocycles. The second kappa shape index (κ2) is 8.51. The monoisotopic (exact) mass is 381 g/mol. The third-order valence-electron chi connectivity index (χ3n) is 4.24. The number of amides is 2. The average molecular weight is 381 g/mol. The molecule has 0 spiro atoms. The van der Waals surface area contributed by atoms with Crippen molar-refractivity contribution in [1.82, 2.24) is 25.4 Å². The van der Waals surface area contributed by atoms with E-state index in [0.717, 1.165) is 22.3 Å². The second-order valence-corrected chi connectivity index (χ2v) is 6.63. The number of benzene rings is 1. The first-order valence-electron chi connectivity index (χ1n) is 8.99. The highest BCUT2D eigenvalue weighted by atomic mass is 16.5. The number of rotatable bonds is 7. The largest absolute Gasteiger partial charge is 0.497 e. The van der Waals surface area contributed by atoms with Crippen LogP contribution < -0.4 is 15.4 Å². The molecular weight excluding hydrogens is 358 g/mol. The summed E-state index contributed by atoms with van der Waals surface area (Å²) in [7, 11) is 1.60. The van der Waals surface area contributed by atoms with E-state index in [1.165, 1.54) is 6.20 Å². The number of nitrogens with one attached hydrogen (secondary N) is 2. The van der Waals surface area contributed by atoms with E-state index in [1.54, 1.807) is 24.1 Å². The summed E-state index contributed by atoms with van der Waals surface area (Å²) in [6, 6.07) is 9.30. The van der Waals surface area contributed by atoms with E-state index in [9.17, 15) is 9.59 Å². The Morgan fingerprint density at radius 2 is 1.89 bits per heavy atom. The number of fused-ring (bicyclic) bond motifs is 1. The SMILES string of the molecule is COc1ccc(CNC(=O)CNC(=O)c2cnc3c(cnn3C(C)C)c2)cc1. The lowest BCUT2D eigenvalue weighted by molar-refractivity contribution is -0.120. The molecule has 8 heteroatoms. The number of methoxy groups -OCH3 is 1. The van der Waals surface area contributed by atoms with Crippen LogP contribution in [0.15, 0.2) is 42.7 Å². The van der Waals surface area contributed by atoms with E-state index in [0.29, 0.717) is 12.1 Å². The molecule has 2 N–H and O–H groups in total. The Morgan fingerprint density at radius 3 is 2.57 bits per heavy atom. The van der Waals surface area contributed by atoms with Crippen molar-refractivity contribution >= 4 is 22.8 Å². The molecule has 1 aromatic carbocycles. The number of hydrogen-bond donors (Lipinski definition) is 2. The summed E-state index contributed by atoms with van der Waals surface area (Å²) in [4.78, 5) is 28.6. The zero-order valence-electron chi connectivity index (χ0n) is 16.1. The summed E-state index contributed by atoms with van der Waals surface area (Å²) in [5, 5.41) is 10.4. The summed E-state index contributed by atoms with van der Waals surface area (Å²) in [5.41, 5.74) is 2.06. The lowest BCUT2D eigenvalue weighted by Gasteiger charge is -2.08. The minimum atomic E-state index is -0.355. The van der Waals surface area contributed by atoms with Gasteiger partial charge in [-0.1, -0.05) is 12.1 Å². The number of carbonyl (C=O) groups is 2. The Kier molecular flexibility index (Phi) is 5.88. The molecule has 28 heavy (non-hydrogen) atoms. The molecule has 2 aromatic heterocycles. The van der Waals surface area contributed by atoms with E-state index in [4.69, 9.17) is 4.74 Å². The third-order valence-corrected chi connectivity index (χ3v) is 4.24. The van der Waals surface area contributed by atoms with Gasteiger partial charge in [-0.15, -0.1) is 0 Å². The summed E-state index contributed by atoms with van der Waals surface area (Å²) in [5.74, 6) is 0.129. The van der Waals surface area contributed by atoms with Gasteiger partial charge in [0.05, 0.1) is 25.4 Å². The molecule has 0 aliphatic rings. The van der Waals surface area contributed by atoms with Crippen LogP contribution in [0.2, 0.25) is 0 Å². The number of hydrogen-bond acceptors (Lipinski definition) is 5. The van der Waals surface area contributed by atoms with Gasteiger partial charge < -0.3 is 15.4 Å². The quantitative estimate of drug-likeness (QED) is 0.653. The maximum absolute atomic E-state index is 12.3. The molecule has 146 valence electrons. The Bertz CT molecular complexity index is 979. The van der Waals surface area contributed by atoms with Gasteiger partial charge in [0, 0.05) is 24.2 Å². The predicted molar refractivity (Wildman–Crippen MR) is 105 cm³/mol. The fourth-order valence-corrected chi connectivity index (χ4v) is 2.71. The van der Waals surface area contributed by atoms with E-state index in [-0.39, 0.29) is 24.4 Å². The number of ether oxygens (including phenoxy) is 1. The highest BCUT2D eigenvalue weighted by Gasteiger charge is 2.12. The molecule has 3 rings (SSSR count). The van der Waals surface area contributed by atoms with Gasteiger partial charge in [-0.2, -0.15) is 5.10 Å². The lowest BCUT2D eigenvalue weighted by atomic mass is 10.2. The molecule has 0 saturated carbocycles. The molecule has 0 unspecified atom stereocenters. The average Bonchev–Trinajstić information content (AvgIpc) is 3.14. The fourth-order valence-electron chi connectivity index (χ4n) is 2.71. The first kappa shape index (κ1) is 19.3. The van der Waals surface area contributed by atoms with Crippen LogP contribution in [-0.2, 0) is 11.3 Å². The third kappa shape index (κ3) is 4.46. The van der Waals surface area contributed by atoms with E-state index in [1.807, 2.05) is 38.1 Å². The molecule has 8 nitrogen and oxygen atoms in total. The minimum Gasteiger partial charge on any atom is -0.497 e. The maximum Gasteiger partial charge on any atom is 0.253 e. The van der Waals surface area contributed by atoms with E-state index in [2.05, 4.69) is 20.7 Å². The van der Waals surface area contributed by atoms with Gasteiger partial charge in [0.25, 0.3) is 5.91 Å². The number of pyridine rings is 1. The predicted octanol–water partition coefficient (Wildman–Crippen LogP) is 2.07. The van der Waals surface area contributed by atoms with Crippen molar-refractivity contribution < 1.29 is 14.3 Å². The standard InChI is InChI=1S/C20H23N5O3/c1-13(2)25-19-15(11-24-25)8-16(10-22-19)20(27)23-12-18(26)21-9-14-4-6-17(28-3)7-5-14/h4-8,10-11,13H,9,12H2,1-3H3,(H,21,26)(H,23,27). The zero-order chi connectivity index (χ0) is 20.1. The van der Waals surface area contributed by atoms with E-state index >= 15 is 0 Å². The van der Waals surface area contributed by atoms with Crippen molar-refractivity contribution in [3.63, 3.8) is 0 Å². The first-order chi connectivity index (χ1) is 13.5. The van der Waals surface area contributed by atoms with Crippen LogP contribution in [0.25, 0.3) is 11.0 Å². The molecule has 2 amide bonds. The minimum absolute atomic E-state index is 0.113. The Balaban J connectivity index is 1.52. The molecule has 0 atom stereocenters. The summed E-state index contributed by atoms with van der Waals surface area (Å²) in [6.45, 7) is 4.29. The van der Waals surface area contributed by atoms with Crippen LogP contribution in [-0.4, -0.2) is 40.2 Å². The fraction of sp³-hybridized carbons (Fsp3) is 0.300. The lowest BCUT2D eigenvalue weighted by Crippen LogP contribution is -2.36. The maximum atomic E-state index is 12.3. The molecule has 0 fully saturated rings. The first-order valence-corrected chi connectivity index (χ1v) is 8.99. The van der Waals surface area contributed by atoms with Crippen LogP contribution in [0.1, 0.15) is 35.8 Å². The smallest absolute Gasteiger partial charge is 0.253 e. The normalized spacial score (nSPS) is 10.9. The van der Waals surface area contributed by atoms with Crippen molar-refractivity contribution in [2.24, 2.45) is 0 Å². The van der Waals surface area contributed by atoms with Crippen molar-refractivity contribution in [3.05, 3.63) is 53.9 Å². The summed E-state index contributed by atoms with van der Waals surface area (Å²) < 4.78 is 6.89. The van der Waals surface area contributed by atoms with Gasteiger partial charge in [-0.25, -0.2) is 9.67 Å². The highest BCUT2D eigenvalue weighted by molar-refractivity contribution is 5.98. The number of aromatic nitrogens is 3. The van der Waals surface area contributed by atoms with Gasteiger partial charge in [0.2, 0.25) is 5.91 Å². The van der Waals surface area contributed by atoms with Crippen molar-refractivity contribution in [2.75, 3.05) is 13.7 Å². The summed E-state index contributed by atoms with van der Waals surface area (Å²) in [6.07, 6.45) is 3.17. The Labute approximate surface area is 162 Å². The van der Waals surface area contributed by atoms with Crippen molar-refractivity contribution in [1.29, 1.82) is 0 Å². The van der Waals surface area contributed by atoms with Gasteiger partial charge in [-0.05, 0) is 37.6 Å². The van der Waals surface area contributed by atoms with Crippen LogP contribution >= 0.6 is 0 Å². The van der Waals surface area contributed by atoms with Crippen molar-refractivity contribution in [2.45, 2.75) is 26.4 Å². The van der Waals surface area contributed by atoms with Crippen LogP contribution in [0, 0.1) is 0 Å². The Morgan fingerprint density at radius 1 is 1.14 bits per heavy atom. The van der Waals surface area contributed by atoms with Gasteiger partial charge in [-0.3, -0.25) is 9.59 Å². The van der Waals surface area contributed by atoms with Gasteiger partial charge in [0.1, 0.15) is 5.75 Å². The number of nitrogens with zero attached hydrogens (tertiary/aromatic N) is 3. The highest BCUT2D eigenvalue weighted by Crippen LogP contribution is 2.16. The number of carbonyl (C=O) groups excluding carboxylic acids is 2. The van der Waals surface area contributed by atoms with Crippen LogP contribution in [0.4, 0.5) is 0 Å². The molecule has 3 aromatic rings. The second-order valence-electron chi connectivity index (χ2n) is 6.63. The van der Waals surface area contributed by atoms with Gasteiger partial charge in [0.15, 0.2) is 5.65 Å². The van der Waals surface area contributed by atoms with Gasteiger partial charge >= 0.3 is 0 Å². The molecule has 0 aliphatic carbocycles. The topological polar surface area (TPSA) is 98.1 Å². The molecular formula is C20H23N5O3. The van der Waals surface area contributed by atoms with Crippen molar-refractivity contribution in [3.8, 4) is 5.75 Å². The molecule has 0 aliphatic heterocycles.